The third-order valence-corrected chi connectivity index (χ3v) is 8.85. The average molecular weight is 506 g/mol. The van der Waals surface area contributed by atoms with Gasteiger partial charge in [-0.25, -0.2) is 0 Å². The highest BCUT2D eigenvalue weighted by atomic mass is 16.5. The van der Waals surface area contributed by atoms with Crippen molar-refractivity contribution < 1.29 is 24.5 Å². The van der Waals surface area contributed by atoms with Crippen LogP contribution < -0.4 is 9.47 Å². The normalized spacial score (nSPS) is 29.6. The van der Waals surface area contributed by atoms with Gasteiger partial charge in [-0.1, -0.05) is 56.3 Å². The number of aliphatic carboxylic acids is 1. The molecule has 2 bridgehead atoms. The number of aliphatic hydroxyl groups is 1. The predicted molar refractivity (Wildman–Crippen MR) is 143 cm³/mol. The lowest BCUT2D eigenvalue weighted by Gasteiger charge is -2.56. The Morgan fingerprint density at radius 3 is 2.54 bits per heavy atom. The molecule has 2 aromatic carbocycles. The van der Waals surface area contributed by atoms with E-state index < -0.39 is 18.0 Å². The monoisotopic (exact) mass is 505 g/mol. The van der Waals surface area contributed by atoms with Gasteiger partial charge in [0.25, 0.3) is 0 Å². The molecule has 1 fully saturated rings. The second kappa shape index (κ2) is 9.80. The van der Waals surface area contributed by atoms with Crippen LogP contribution in [0.1, 0.15) is 55.4 Å². The van der Waals surface area contributed by atoms with E-state index in [0.29, 0.717) is 17.9 Å². The topological polar surface area (TPSA) is 79.2 Å². The number of carbonyl (C=O) groups is 1. The minimum Gasteiger partial charge on any atom is -0.493 e. The summed E-state index contributed by atoms with van der Waals surface area (Å²) in [6.07, 6.45) is 6.58. The predicted octanol–water partition coefficient (Wildman–Crippen LogP) is 4.57. The number of hydrogen-bond acceptors (Lipinski definition) is 5. The van der Waals surface area contributed by atoms with E-state index >= 15 is 0 Å². The zero-order valence-electron chi connectivity index (χ0n) is 22.5. The molecule has 1 unspecified atom stereocenters. The second-order valence-corrected chi connectivity index (χ2v) is 11.5. The van der Waals surface area contributed by atoms with Crippen LogP contribution in [0.4, 0.5) is 0 Å². The van der Waals surface area contributed by atoms with Gasteiger partial charge in [0, 0.05) is 22.9 Å². The Labute approximate surface area is 219 Å². The van der Waals surface area contributed by atoms with Gasteiger partial charge in [-0.05, 0) is 68.5 Å². The molecule has 6 atom stereocenters. The Balaban J connectivity index is 0.000000165. The van der Waals surface area contributed by atoms with Gasteiger partial charge in [0.2, 0.25) is 0 Å². The minimum atomic E-state index is -0.772. The third kappa shape index (κ3) is 4.24. The molecule has 2 aliphatic carbocycles. The molecule has 37 heavy (non-hydrogen) atoms. The van der Waals surface area contributed by atoms with E-state index in [0.717, 1.165) is 42.9 Å². The Kier molecular flexibility index (Phi) is 6.84. The maximum Gasteiger partial charge on any atom is 0.310 e. The molecule has 6 rings (SSSR count). The van der Waals surface area contributed by atoms with Gasteiger partial charge >= 0.3 is 5.97 Å². The van der Waals surface area contributed by atoms with E-state index in [9.17, 15) is 9.90 Å². The van der Waals surface area contributed by atoms with E-state index in [4.69, 9.17) is 14.6 Å². The average Bonchev–Trinajstić information content (AvgIpc) is 3.23. The number of carboxylic acids is 1. The van der Waals surface area contributed by atoms with Gasteiger partial charge < -0.3 is 24.6 Å². The maximum absolute atomic E-state index is 10.8. The van der Waals surface area contributed by atoms with Gasteiger partial charge in [0.05, 0.1) is 13.0 Å². The first-order valence-corrected chi connectivity index (χ1v) is 13.4. The summed E-state index contributed by atoms with van der Waals surface area (Å²) in [5.41, 5.74) is 4.74. The molecule has 198 valence electrons. The van der Waals surface area contributed by atoms with Crippen molar-refractivity contribution in [2.75, 3.05) is 20.7 Å². The number of piperidine rings is 1. The van der Waals surface area contributed by atoms with Crippen LogP contribution in [-0.4, -0.2) is 60.0 Å². The number of methoxy groups -OCH3 is 1. The molecule has 0 saturated carbocycles. The van der Waals surface area contributed by atoms with Crippen LogP contribution in [0.15, 0.2) is 48.6 Å². The summed E-state index contributed by atoms with van der Waals surface area (Å²) in [5, 5.41) is 19.4. The quantitative estimate of drug-likeness (QED) is 0.580. The van der Waals surface area contributed by atoms with Crippen molar-refractivity contribution in [3.8, 4) is 11.5 Å². The fourth-order valence-corrected chi connectivity index (χ4v) is 6.95. The Morgan fingerprint density at radius 2 is 1.89 bits per heavy atom. The summed E-state index contributed by atoms with van der Waals surface area (Å²) >= 11 is 0. The summed E-state index contributed by atoms with van der Waals surface area (Å²) in [6.45, 7) is 7.11. The van der Waals surface area contributed by atoms with Gasteiger partial charge in [0.15, 0.2) is 11.5 Å². The van der Waals surface area contributed by atoms with Gasteiger partial charge in [0.1, 0.15) is 12.2 Å². The fraction of sp³-hybridized carbons (Fsp3) is 0.516. The summed E-state index contributed by atoms with van der Waals surface area (Å²) in [6, 6.07) is 12.6. The lowest BCUT2D eigenvalue weighted by Crippen LogP contribution is -2.64. The number of rotatable bonds is 5. The van der Waals surface area contributed by atoms with Crippen molar-refractivity contribution in [1.29, 1.82) is 0 Å². The van der Waals surface area contributed by atoms with Crippen LogP contribution in [0.5, 0.6) is 11.5 Å². The lowest BCUT2D eigenvalue weighted by molar-refractivity contribution is -0.138. The maximum atomic E-state index is 10.8. The van der Waals surface area contributed by atoms with Gasteiger partial charge in [-0.15, -0.1) is 0 Å². The van der Waals surface area contributed by atoms with Crippen molar-refractivity contribution in [3.05, 3.63) is 70.8 Å². The Bertz CT molecular complexity index is 1190. The zero-order chi connectivity index (χ0) is 26.5. The first-order valence-electron chi connectivity index (χ1n) is 13.4. The van der Waals surface area contributed by atoms with Crippen molar-refractivity contribution in [2.24, 2.45) is 11.8 Å². The molecule has 6 heteroatoms. The number of nitrogens with zero attached hydrogens (tertiary/aromatic N) is 1. The fourth-order valence-electron chi connectivity index (χ4n) is 6.95. The zero-order valence-corrected chi connectivity index (χ0v) is 22.5. The number of ether oxygens (including phenoxy) is 2. The molecule has 4 aliphatic rings. The lowest BCUT2D eigenvalue weighted by atomic mass is 9.53. The Morgan fingerprint density at radius 1 is 1.16 bits per heavy atom. The standard InChI is InChI=1S/C18H21NO3.C13H18O2/c1-19-8-7-18-11-4-5-13(20)17(18)22-16-14(21-2)6-3-10(15(16)18)9-12(11)19;1-9(2)8-11-4-6-12(7-5-11)10(3)13(14)15/h3-6,11-13,17,20H,7-9H2,1-2H3;4-7,9-10H,8H2,1-3H3,(H,14,15)/t11-,12+,13-,17-,18-;/m0./s1. The third-order valence-electron chi connectivity index (χ3n) is 8.85. The van der Waals surface area contributed by atoms with Crippen molar-refractivity contribution in [2.45, 2.75) is 69.6 Å². The number of likely N-dealkylation sites (N-methyl/N-ethyl adjacent to an activating group) is 1. The minimum absolute atomic E-state index is 0.0806. The molecule has 2 heterocycles. The number of likely N-dealkylation sites (tertiary alicyclic amines) is 1. The van der Waals surface area contributed by atoms with Gasteiger partial charge in [-0.2, -0.15) is 0 Å². The van der Waals surface area contributed by atoms with Crippen molar-refractivity contribution >= 4 is 5.97 Å². The molecule has 1 spiro atoms. The highest BCUT2D eigenvalue weighted by Crippen LogP contribution is 2.62. The first-order chi connectivity index (χ1) is 17.7. The molecule has 6 nitrogen and oxygen atoms in total. The van der Waals surface area contributed by atoms with E-state index in [1.54, 1.807) is 14.0 Å². The molecule has 0 radical (unpaired) electrons. The number of hydrogen-bond donors (Lipinski definition) is 2. The van der Waals surface area contributed by atoms with E-state index in [1.165, 1.54) is 16.7 Å². The molecule has 2 aromatic rings. The van der Waals surface area contributed by atoms with E-state index in [2.05, 4.69) is 37.9 Å². The highest BCUT2D eigenvalue weighted by Gasteiger charge is 2.64. The number of aliphatic hydroxyl groups excluding tert-OH is 1. The molecule has 0 aromatic heterocycles. The number of carboxylic acid groups (broad SMARTS) is 1. The molecule has 2 N–H and O–H groups in total. The molecular formula is C31H39NO5. The summed E-state index contributed by atoms with van der Waals surface area (Å²) in [5.74, 6) is 1.53. The highest BCUT2D eigenvalue weighted by molar-refractivity contribution is 5.75. The van der Waals surface area contributed by atoms with Crippen LogP contribution in [0.2, 0.25) is 0 Å². The van der Waals surface area contributed by atoms with Crippen molar-refractivity contribution in [1.82, 2.24) is 4.90 Å². The summed E-state index contributed by atoms with van der Waals surface area (Å²) < 4.78 is 11.8. The van der Waals surface area contributed by atoms with E-state index in [-0.39, 0.29) is 11.5 Å². The molecule has 2 aliphatic heterocycles. The van der Waals surface area contributed by atoms with E-state index in [1.807, 2.05) is 36.4 Å². The van der Waals surface area contributed by atoms with Crippen LogP contribution in [0.3, 0.4) is 0 Å². The number of benzene rings is 2. The largest absolute Gasteiger partial charge is 0.493 e. The van der Waals surface area contributed by atoms with Gasteiger partial charge in [-0.3, -0.25) is 4.79 Å². The SMILES string of the molecule is CC(C)Cc1ccc(C(C)C(=O)O)cc1.COc1ccc2c3c1O[C@H]1[C@@H](O)C=C[C@H]4[C@@H](C2)N(C)CC[C@@]341. The Hall–Kier alpha value is -2.83. The van der Waals surface area contributed by atoms with Crippen LogP contribution in [0.25, 0.3) is 0 Å². The second-order valence-electron chi connectivity index (χ2n) is 11.5. The molecular weight excluding hydrogens is 466 g/mol. The first kappa shape index (κ1) is 25.8. The summed E-state index contributed by atoms with van der Waals surface area (Å²) in [7, 11) is 3.91. The van der Waals surface area contributed by atoms with Crippen LogP contribution >= 0.6 is 0 Å². The van der Waals surface area contributed by atoms with Crippen molar-refractivity contribution in [3.63, 3.8) is 0 Å². The van der Waals surface area contributed by atoms with Crippen LogP contribution in [0, 0.1) is 11.8 Å². The molecule has 1 saturated heterocycles. The van der Waals surface area contributed by atoms with Crippen LogP contribution in [-0.2, 0) is 23.1 Å². The summed E-state index contributed by atoms with van der Waals surface area (Å²) in [4.78, 5) is 13.2. The smallest absolute Gasteiger partial charge is 0.310 e. The molecule has 0 amide bonds.